The van der Waals surface area contributed by atoms with Gasteiger partial charge in [-0.1, -0.05) is 10.1 Å². The van der Waals surface area contributed by atoms with E-state index in [0.717, 1.165) is 0 Å². The fourth-order valence-electron chi connectivity index (χ4n) is 5.68. The van der Waals surface area contributed by atoms with Crippen LogP contribution in [-0.2, 0) is 40.8 Å². The normalized spacial score (nSPS) is 23.3. The molecule has 22 heteroatoms. The number of halogens is 11. The highest BCUT2D eigenvalue weighted by atomic mass is 32.3. The van der Waals surface area contributed by atoms with E-state index in [0.29, 0.717) is 36.4 Å². The number of fused-ring (bicyclic) bond motifs is 3. The Balaban J connectivity index is 1.98. The van der Waals surface area contributed by atoms with Gasteiger partial charge in [0.25, 0.3) is 0 Å². The summed E-state index contributed by atoms with van der Waals surface area (Å²) in [6, 6.07) is 2.43. The van der Waals surface area contributed by atoms with Crippen LogP contribution in [0.3, 0.4) is 0 Å². The van der Waals surface area contributed by atoms with Crippen LogP contribution in [-0.4, -0.2) is 53.1 Å². The first-order valence-electron chi connectivity index (χ1n) is 12.3. The van der Waals surface area contributed by atoms with E-state index in [1.165, 1.54) is 0 Å². The van der Waals surface area contributed by atoms with E-state index in [1.54, 1.807) is 0 Å². The maximum Gasteiger partial charge on any atom is 0.512 e. The first-order chi connectivity index (χ1) is 20.3. The van der Waals surface area contributed by atoms with Crippen LogP contribution in [0.1, 0.15) is 30.4 Å². The van der Waals surface area contributed by atoms with Gasteiger partial charge in [-0.05, 0) is 55.2 Å². The predicted octanol–water partition coefficient (Wildman–Crippen LogP) is 5.46. The largest absolute Gasteiger partial charge is 0.512 e. The molecule has 1 fully saturated rings. The molecule has 3 atom stereocenters. The molecule has 0 unspecified atom stereocenters. The molecule has 0 bridgehead atoms. The van der Waals surface area contributed by atoms with Crippen LogP contribution in [0.2, 0.25) is 0 Å². The summed E-state index contributed by atoms with van der Waals surface area (Å²) in [5.74, 6) is -8.04. The first kappa shape index (κ1) is 35.1. The van der Waals surface area contributed by atoms with Crippen molar-refractivity contribution in [3.05, 3.63) is 59.2 Å². The van der Waals surface area contributed by atoms with Crippen LogP contribution in [0.5, 0.6) is 5.75 Å². The molecular formula is C23H18F11NO7S3. The molecule has 4 rings (SSSR count). The molecule has 2 aromatic rings. The standard InChI is InChI=1S/C23H18F11NO7S3/c24-16-7-8-17(25)19-18(16)20(43(36,37)14-5-3-13(4-6-14)21(26,27)28)9-1-2-12(15(20)11-42-19)10-35(44(38,39)22(29,30)31)45(40,41)23(32,33)34/h3-8,12,15H,1-2,9-11H2/t12-,15-,20-/m0/s1. The Morgan fingerprint density at radius 2 is 1.29 bits per heavy atom. The highest BCUT2D eigenvalue weighted by Crippen LogP contribution is 2.58. The van der Waals surface area contributed by atoms with Crippen LogP contribution in [0.25, 0.3) is 0 Å². The Kier molecular flexibility index (Phi) is 8.54. The van der Waals surface area contributed by atoms with Gasteiger partial charge in [0, 0.05) is 12.5 Å². The highest BCUT2D eigenvalue weighted by molar-refractivity contribution is 8.04. The van der Waals surface area contributed by atoms with E-state index >= 15 is 4.39 Å². The van der Waals surface area contributed by atoms with E-state index < -0.39 is 133 Å². The van der Waals surface area contributed by atoms with Crippen molar-refractivity contribution in [3.63, 3.8) is 0 Å². The van der Waals surface area contributed by atoms with E-state index in [9.17, 15) is 69.2 Å². The number of benzene rings is 2. The number of alkyl halides is 9. The van der Waals surface area contributed by atoms with Crippen molar-refractivity contribution in [2.75, 3.05) is 13.2 Å². The van der Waals surface area contributed by atoms with Crippen molar-refractivity contribution in [3.8, 4) is 5.75 Å². The zero-order valence-corrected chi connectivity index (χ0v) is 24.3. The van der Waals surface area contributed by atoms with Crippen molar-refractivity contribution in [1.82, 2.24) is 3.71 Å². The van der Waals surface area contributed by atoms with E-state index in [4.69, 9.17) is 4.74 Å². The predicted molar refractivity (Wildman–Crippen MR) is 130 cm³/mol. The van der Waals surface area contributed by atoms with Gasteiger partial charge in [0.05, 0.1) is 22.6 Å². The Morgan fingerprint density at radius 3 is 1.78 bits per heavy atom. The van der Waals surface area contributed by atoms with Crippen LogP contribution in [0.15, 0.2) is 41.3 Å². The molecule has 0 radical (unpaired) electrons. The van der Waals surface area contributed by atoms with E-state index in [-0.39, 0.29) is 0 Å². The minimum absolute atomic E-state index is 0.314. The average Bonchev–Trinajstić information content (AvgIpc) is 2.91. The van der Waals surface area contributed by atoms with Gasteiger partial charge >= 0.3 is 37.2 Å². The zero-order chi connectivity index (χ0) is 34.2. The second-order valence-corrected chi connectivity index (χ2v) is 16.2. The summed E-state index contributed by atoms with van der Waals surface area (Å²) in [5.41, 5.74) is -15.7. The summed E-state index contributed by atoms with van der Waals surface area (Å²) < 4.78 is 228. The fraction of sp³-hybridized carbons (Fsp3) is 0.478. The van der Waals surface area contributed by atoms with Crippen LogP contribution < -0.4 is 4.74 Å². The smallest absolute Gasteiger partial charge is 0.490 e. The second-order valence-electron chi connectivity index (χ2n) is 10.1. The second kappa shape index (κ2) is 10.9. The molecule has 1 saturated carbocycles. The Bertz CT molecular complexity index is 1760. The van der Waals surface area contributed by atoms with Crippen LogP contribution in [0, 0.1) is 23.5 Å². The summed E-state index contributed by atoms with van der Waals surface area (Å²) in [5, 5.41) is 0. The molecule has 45 heavy (non-hydrogen) atoms. The van der Waals surface area contributed by atoms with Crippen LogP contribution >= 0.6 is 0 Å². The molecule has 1 heterocycles. The van der Waals surface area contributed by atoms with Gasteiger partial charge in [0.1, 0.15) is 10.6 Å². The van der Waals surface area contributed by atoms with Crippen molar-refractivity contribution >= 4 is 29.9 Å². The number of sulfonamides is 2. The minimum Gasteiger partial charge on any atom is -0.490 e. The van der Waals surface area contributed by atoms with E-state index in [1.807, 2.05) is 0 Å². The number of rotatable bonds is 6. The molecule has 0 N–H and O–H groups in total. The quantitative estimate of drug-likeness (QED) is 0.364. The van der Waals surface area contributed by atoms with Crippen LogP contribution in [0.4, 0.5) is 48.3 Å². The van der Waals surface area contributed by atoms with Gasteiger partial charge in [-0.25, -0.2) is 34.0 Å². The molecule has 8 nitrogen and oxygen atoms in total. The third-order valence-electron chi connectivity index (χ3n) is 7.66. The SMILES string of the molecule is O=S(=O)(N(C[C@@H]1CCC[C@@]2(S(=O)(=O)c3ccc(C(F)(F)F)cc3)c3c(F)ccc(F)c3OC[C@@H]12)S(=O)(=O)C(F)(F)F)C(F)(F)F. The lowest BCUT2D eigenvalue weighted by Gasteiger charge is -2.50. The molecule has 252 valence electrons. The molecule has 0 saturated heterocycles. The monoisotopic (exact) mass is 725 g/mol. The lowest BCUT2D eigenvalue weighted by molar-refractivity contribution is -0.137. The molecule has 1 aliphatic heterocycles. The summed E-state index contributed by atoms with van der Waals surface area (Å²) in [7, 11) is -20.0. The van der Waals surface area contributed by atoms with Gasteiger partial charge in [-0.15, -0.1) is 0 Å². The Hall–Kier alpha value is -2.72. The van der Waals surface area contributed by atoms with Crippen molar-refractivity contribution in [2.24, 2.45) is 11.8 Å². The summed E-state index contributed by atoms with van der Waals surface area (Å²) in [6.07, 6.45) is -6.91. The average molecular weight is 726 g/mol. The van der Waals surface area contributed by atoms with Crippen molar-refractivity contribution in [1.29, 1.82) is 0 Å². The number of nitrogens with zero attached hydrogens (tertiary/aromatic N) is 1. The molecule has 0 spiro atoms. The molecule has 0 amide bonds. The summed E-state index contributed by atoms with van der Waals surface area (Å²) >= 11 is 0. The molecule has 1 aliphatic carbocycles. The molecule has 2 aromatic carbocycles. The minimum atomic E-state index is -7.32. The number of ether oxygens (including phenoxy) is 1. The Morgan fingerprint density at radius 1 is 0.778 bits per heavy atom. The fourth-order valence-corrected chi connectivity index (χ4v) is 10.9. The van der Waals surface area contributed by atoms with Gasteiger partial charge in [0.2, 0.25) is 0 Å². The first-order valence-corrected chi connectivity index (χ1v) is 16.6. The number of hydrogen-bond acceptors (Lipinski definition) is 7. The van der Waals surface area contributed by atoms with Gasteiger partial charge in [-0.2, -0.15) is 39.5 Å². The summed E-state index contributed by atoms with van der Waals surface area (Å²) in [6.45, 7) is -3.28. The molecule has 0 aromatic heterocycles. The number of sulfone groups is 1. The van der Waals surface area contributed by atoms with Crippen molar-refractivity contribution in [2.45, 2.75) is 46.1 Å². The maximum atomic E-state index is 15.5. The third kappa shape index (κ3) is 5.53. The van der Waals surface area contributed by atoms with Crippen molar-refractivity contribution < 1.29 is 78.3 Å². The lowest BCUT2D eigenvalue weighted by Crippen LogP contribution is -2.58. The lowest BCUT2D eigenvalue weighted by atomic mass is 9.67. The topological polar surface area (TPSA) is 115 Å². The van der Waals surface area contributed by atoms with Gasteiger partial charge in [-0.3, -0.25) is 0 Å². The van der Waals surface area contributed by atoms with E-state index in [2.05, 4.69) is 0 Å². The molecule has 2 aliphatic rings. The Labute approximate surface area is 247 Å². The molecular weight excluding hydrogens is 707 g/mol. The van der Waals surface area contributed by atoms with Gasteiger partial charge in [0.15, 0.2) is 21.4 Å². The number of hydrogen-bond donors (Lipinski definition) is 0. The van der Waals surface area contributed by atoms with Gasteiger partial charge < -0.3 is 4.74 Å². The highest BCUT2D eigenvalue weighted by Gasteiger charge is 2.65. The third-order valence-corrected chi connectivity index (χ3v) is 13.9. The maximum absolute atomic E-state index is 15.5. The zero-order valence-electron chi connectivity index (χ0n) is 21.8. The summed E-state index contributed by atoms with van der Waals surface area (Å²) in [4.78, 5) is -0.958.